The van der Waals surface area contributed by atoms with Crippen LogP contribution in [0.3, 0.4) is 0 Å². The molecule has 0 N–H and O–H groups in total. The quantitative estimate of drug-likeness (QED) is 0.466. The van der Waals surface area contributed by atoms with Crippen LogP contribution in [0.2, 0.25) is 19.6 Å². The number of hydrogen-bond donors (Lipinski definition) is 0. The predicted octanol–water partition coefficient (Wildman–Crippen LogP) is 2.11. The number of esters is 1. The predicted molar refractivity (Wildman–Crippen MR) is 72.4 cm³/mol. The molecule has 0 aromatic carbocycles. The molecule has 0 aliphatic carbocycles. The number of aromatic nitrogens is 1. The highest BCUT2D eigenvalue weighted by atomic mass is 28.3. The van der Waals surface area contributed by atoms with Crippen molar-refractivity contribution in [2.75, 3.05) is 14.2 Å². The summed E-state index contributed by atoms with van der Waals surface area (Å²) in [5.74, 6) is 3.09. The van der Waals surface area contributed by atoms with Gasteiger partial charge in [-0.1, -0.05) is 25.6 Å². The number of rotatable bonds is 2. The molecule has 0 aliphatic heterocycles. The van der Waals surface area contributed by atoms with Crippen molar-refractivity contribution in [3.8, 4) is 17.2 Å². The Morgan fingerprint density at radius 3 is 2.50 bits per heavy atom. The monoisotopic (exact) mass is 263 g/mol. The van der Waals surface area contributed by atoms with E-state index in [1.807, 2.05) is 0 Å². The fraction of sp³-hybridized carbons (Fsp3) is 0.385. The topological polar surface area (TPSA) is 48.4 Å². The Morgan fingerprint density at radius 2 is 2.00 bits per heavy atom. The summed E-state index contributed by atoms with van der Waals surface area (Å²) in [6.45, 7) is 6.39. The highest BCUT2D eigenvalue weighted by Gasteiger charge is 2.14. The smallest absolute Gasteiger partial charge is 0.357 e. The maximum Gasteiger partial charge on any atom is 0.357 e. The van der Waals surface area contributed by atoms with E-state index in [0.29, 0.717) is 11.3 Å². The summed E-state index contributed by atoms with van der Waals surface area (Å²) in [6, 6.07) is 1.70. The van der Waals surface area contributed by atoms with Gasteiger partial charge in [0.05, 0.1) is 26.0 Å². The zero-order chi connectivity index (χ0) is 13.8. The summed E-state index contributed by atoms with van der Waals surface area (Å²) in [7, 11) is 1.35. The number of carbonyl (C=O) groups excluding carboxylic acids is 1. The molecule has 0 aliphatic rings. The second-order valence-corrected chi connectivity index (χ2v) is 9.51. The first-order chi connectivity index (χ1) is 8.37. The number of ether oxygens (including phenoxy) is 2. The molecule has 0 amide bonds. The van der Waals surface area contributed by atoms with Crippen LogP contribution in [0.15, 0.2) is 12.3 Å². The van der Waals surface area contributed by atoms with Gasteiger partial charge in [-0.05, 0) is 6.07 Å². The van der Waals surface area contributed by atoms with Crippen molar-refractivity contribution in [2.24, 2.45) is 0 Å². The van der Waals surface area contributed by atoms with Gasteiger partial charge in [0.15, 0.2) is 5.69 Å². The highest BCUT2D eigenvalue weighted by Crippen LogP contribution is 2.15. The third-order valence-electron chi connectivity index (χ3n) is 2.05. The largest absolute Gasteiger partial charge is 0.495 e. The molecule has 0 fully saturated rings. The minimum Gasteiger partial charge on any atom is -0.495 e. The second kappa shape index (κ2) is 5.69. The fourth-order valence-electron chi connectivity index (χ4n) is 1.17. The van der Waals surface area contributed by atoms with Crippen molar-refractivity contribution in [2.45, 2.75) is 19.6 Å². The highest BCUT2D eigenvalue weighted by molar-refractivity contribution is 6.83. The molecule has 0 radical (unpaired) electrons. The van der Waals surface area contributed by atoms with Crippen LogP contribution in [-0.4, -0.2) is 33.2 Å². The van der Waals surface area contributed by atoms with Gasteiger partial charge in [0.1, 0.15) is 13.8 Å². The van der Waals surface area contributed by atoms with Crippen LogP contribution in [0.25, 0.3) is 0 Å². The molecule has 1 aromatic rings. The minimum absolute atomic E-state index is 0.226. The van der Waals surface area contributed by atoms with Crippen molar-refractivity contribution in [3.05, 3.63) is 23.5 Å². The summed E-state index contributed by atoms with van der Waals surface area (Å²) in [5.41, 5.74) is 3.97. The van der Waals surface area contributed by atoms with Crippen molar-refractivity contribution in [1.82, 2.24) is 4.98 Å². The summed E-state index contributed by atoms with van der Waals surface area (Å²) in [5, 5.41) is 0. The lowest BCUT2D eigenvalue weighted by Crippen LogP contribution is -2.16. The molecule has 1 rings (SSSR count). The second-order valence-electron chi connectivity index (χ2n) is 4.76. The first-order valence-corrected chi connectivity index (χ1v) is 9.03. The number of nitrogens with zero attached hydrogens (tertiary/aromatic N) is 1. The van der Waals surface area contributed by atoms with Crippen LogP contribution < -0.4 is 4.74 Å². The first kappa shape index (κ1) is 14.3. The average Bonchev–Trinajstić information content (AvgIpc) is 2.34. The Labute approximate surface area is 108 Å². The van der Waals surface area contributed by atoms with Crippen LogP contribution >= 0.6 is 0 Å². The van der Waals surface area contributed by atoms with Gasteiger partial charge in [-0.15, -0.1) is 5.54 Å². The molecule has 18 heavy (non-hydrogen) atoms. The van der Waals surface area contributed by atoms with E-state index >= 15 is 0 Å². The molecule has 0 spiro atoms. The average molecular weight is 263 g/mol. The van der Waals surface area contributed by atoms with Gasteiger partial charge >= 0.3 is 5.97 Å². The summed E-state index contributed by atoms with van der Waals surface area (Å²) < 4.78 is 9.77. The molecular weight excluding hydrogens is 246 g/mol. The molecule has 0 atom stereocenters. The first-order valence-electron chi connectivity index (χ1n) is 5.53. The number of methoxy groups -OCH3 is 2. The molecule has 96 valence electrons. The molecule has 0 bridgehead atoms. The Morgan fingerprint density at radius 1 is 1.33 bits per heavy atom. The van der Waals surface area contributed by atoms with E-state index in [-0.39, 0.29) is 5.69 Å². The zero-order valence-electron chi connectivity index (χ0n) is 11.3. The minimum atomic E-state index is -1.52. The van der Waals surface area contributed by atoms with Gasteiger partial charge in [0.25, 0.3) is 0 Å². The number of carbonyl (C=O) groups is 1. The molecule has 1 heterocycles. The number of hydrogen-bond acceptors (Lipinski definition) is 4. The van der Waals surface area contributed by atoms with Crippen LogP contribution in [0, 0.1) is 11.5 Å². The Hall–Kier alpha value is -1.80. The third kappa shape index (κ3) is 3.89. The van der Waals surface area contributed by atoms with Crippen LogP contribution in [0.5, 0.6) is 5.75 Å². The maximum atomic E-state index is 11.6. The Bertz CT molecular complexity index is 509. The van der Waals surface area contributed by atoms with Gasteiger partial charge in [0, 0.05) is 0 Å². The van der Waals surface area contributed by atoms with Gasteiger partial charge in [-0.3, -0.25) is 0 Å². The molecule has 4 nitrogen and oxygen atoms in total. The van der Waals surface area contributed by atoms with E-state index in [1.54, 1.807) is 13.2 Å². The van der Waals surface area contributed by atoms with Crippen molar-refractivity contribution < 1.29 is 14.3 Å². The van der Waals surface area contributed by atoms with Crippen molar-refractivity contribution >= 4 is 14.0 Å². The van der Waals surface area contributed by atoms with E-state index < -0.39 is 14.0 Å². The number of pyridine rings is 1. The van der Waals surface area contributed by atoms with Crippen molar-refractivity contribution in [1.29, 1.82) is 0 Å². The van der Waals surface area contributed by atoms with E-state index in [2.05, 4.69) is 40.8 Å². The van der Waals surface area contributed by atoms with Gasteiger partial charge in [-0.2, -0.15) is 0 Å². The standard InChI is InChI=1S/C13H17NO3Si/c1-16-11-8-10(6-7-18(3,4)5)12(14-9-11)13(15)17-2/h8-9H,1-5H3. The lowest BCUT2D eigenvalue weighted by atomic mass is 10.2. The normalized spacial score (nSPS) is 10.3. The third-order valence-corrected chi connectivity index (χ3v) is 2.92. The lowest BCUT2D eigenvalue weighted by Gasteiger charge is -2.06. The molecule has 5 heteroatoms. The van der Waals surface area contributed by atoms with E-state index in [4.69, 9.17) is 4.74 Å². The van der Waals surface area contributed by atoms with Gasteiger partial charge in [0.2, 0.25) is 0 Å². The van der Waals surface area contributed by atoms with E-state index in [9.17, 15) is 4.79 Å². The SMILES string of the molecule is COC(=O)c1ncc(OC)cc1C#C[Si](C)(C)C. The van der Waals surface area contributed by atoms with E-state index in [0.717, 1.165) is 0 Å². The Kier molecular flexibility index (Phi) is 4.51. The molecule has 0 saturated carbocycles. The van der Waals surface area contributed by atoms with Crippen LogP contribution in [0.4, 0.5) is 0 Å². The van der Waals surface area contributed by atoms with Crippen LogP contribution in [0.1, 0.15) is 16.1 Å². The van der Waals surface area contributed by atoms with Gasteiger partial charge in [-0.25, -0.2) is 9.78 Å². The summed E-state index contributed by atoms with van der Waals surface area (Å²) in [6.07, 6.45) is 1.48. The maximum absolute atomic E-state index is 11.6. The zero-order valence-corrected chi connectivity index (χ0v) is 12.3. The molecule has 0 unspecified atom stereocenters. The molecular formula is C13H17NO3Si. The fourth-order valence-corrected chi connectivity index (χ4v) is 1.68. The molecule has 0 saturated heterocycles. The lowest BCUT2D eigenvalue weighted by molar-refractivity contribution is 0.0593. The molecule has 1 aromatic heterocycles. The summed E-state index contributed by atoms with van der Waals surface area (Å²) in [4.78, 5) is 15.6. The van der Waals surface area contributed by atoms with Gasteiger partial charge < -0.3 is 9.47 Å². The van der Waals surface area contributed by atoms with Crippen molar-refractivity contribution in [3.63, 3.8) is 0 Å². The van der Waals surface area contributed by atoms with E-state index in [1.165, 1.54) is 13.3 Å². The summed E-state index contributed by atoms with van der Waals surface area (Å²) >= 11 is 0. The Balaban J connectivity index is 3.27. The van der Waals surface area contributed by atoms with Crippen LogP contribution in [-0.2, 0) is 4.74 Å².